The first-order chi connectivity index (χ1) is 14.8. The van der Waals surface area contributed by atoms with E-state index in [1.165, 1.54) is 15.6 Å². The number of hydrogen-bond acceptors (Lipinski definition) is 7. The van der Waals surface area contributed by atoms with E-state index < -0.39 is 10.0 Å². The van der Waals surface area contributed by atoms with Crippen LogP contribution < -0.4 is 5.32 Å². The first-order valence-electron chi connectivity index (χ1n) is 11.0. The van der Waals surface area contributed by atoms with Gasteiger partial charge < -0.3 is 9.84 Å². The molecule has 2 aliphatic rings. The van der Waals surface area contributed by atoms with Gasteiger partial charge in [0.05, 0.1) is 15.7 Å². The molecule has 0 spiro atoms. The van der Waals surface area contributed by atoms with Gasteiger partial charge in [-0.05, 0) is 38.7 Å². The second kappa shape index (κ2) is 8.99. The summed E-state index contributed by atoms with van der Waals surface area (Å²) >= 11 is 1.34. The van der Waals surface area contributed by atoms with E-state index in [2.05, 4.69) is 15.5 Å². The molecule has 1 saturated carbocycles. The summed E-state index contributed by atoms with van der Waals surface area (Å²) in [5.74, 6) is 0.727. The normalized spacial score (nSPS) is 21.1. The number of aromatic nitrogens is 2. The Bertz CT molecular complexity index is 1040. The number of amides is 1. The molecule has 1 aliphatic carbocycles. The fourth-order valence-electron chi connectivity index (χ4n) is 4.30. The number of carbonyl (C=O) groups excluding carboxylic acids is 1. The lowest BCUT2D eigenvalue weighted by atomic mass is 9.98. The summed E-state index contributed by atoms with van der Waals surface area (Å²) in [4.78, 5) is 18.7. The lowest BCUT2D eigenvalue weighted by molar-refractivity contribution is -0.126. The van der Waals surface area contributed by atoms with Gasteiger partial charge in [0.15, 0.2) is 0 Å². The van der Waals surface area contributed by atoms with E-state index in [1.807, 2.05) is 13.8 Å². The number of nitrogens with zero attached hydrogens (tertiary/aromatic N) is 3. The maximum atomic E-state index is 13.4. The standard InChI is InChI=1S/C21H30N4O4S2/c1-13(2)21-23-19(24-29-21)17-11-18(14(3)30-17)31(27,28)25-10-6-7-15(12-25)20(26)22-16-8-4-5-9-16/h11,13,15-16H,4-10,12H2,1-3H3,(H,22,26)/t15-/m0/s1. The molecule has 2 aromatic heterocycles. The van der Waals surface area contributed by atoms with Crippen LogP contribution in [0.4, 0.5) is 0 Å². The smallest absolute Gasteiger partial charge is 0.244 e. The molecule has 10 heteroatoms. The lowest BCUT2D eigenvalue weighted by Gasteiger charge is -2.31. The van der Waals surface area contributed by atoms with E-state index in [0.717, 1.165) is 32.1 Å². The van der Waals surface area contributed by atoms with Crippen LogP contribution in [0, 0.1) is 12.8 Å². The molecule has 1 atom stereocenters. The zero-order chi connectivity index (χ0) is 22.2. The van der Waals surface area contributed by atoms with Gasteiger partial charge in [0.2, 0.25) is 27.6 Å². The Labute approximate surface area is 187 Å². The predicted octanol–water partition coefficient (Wildman–Crippen LogP) is 3.69. The third-order valence-corrected chi connectivity index (χ3v) is 9.27. The molecule has 31 heavy (non-hydrogen) atoms. The van der Waals surface area contributed by atoms with Crippen LogP contribution in [-0.4, -0.2) is 47.9 Å². The van der Waals surface area contributed by atoms with Crippen molar-refractivity contribution in [3.8, 4) is 10.7 Å². The third kappa shape index (κ3) is 4.70. The van der Waals surface area contributed by atoms with Crippen LogP contribution in [0.3, 0.4) is 0 Å². The molecule has 0 bridgehead atoms. The second-order valence-electron chi connectivity index (χ2n) is 8.83. The maximum absolute atomic E-state index is 13.4. The summed E-state index contributed by atoms with van der Waals surface area (Å²) in [6.45, 7) is 6.37. The summed E-state index contributed by atoms with van der Waals surface area (Å²) in [6.07, 6.45) is 5.74. The van der Waals surface area contributed by atoms with E-state index in [-0.39, 0.29) is 35.2 Å². The van der Waals surface area contributed by atoms with Crippen LogP contribution in [0.2, 0.25) is 0 Å². The highest BCUT2D eigenvalue weighted by Gasteiger charge is 2.35. The van der Waals surface area contributed by atoms with Crippen molar-refractivity contribution < 1.29 is 17.7 Å². The predicted molar refractivity (Wildman–Crippen MR) is 118 cm³/mol. The second-order valence-corrected chi connectivity index (χ2v) is 12.0. The summed E-state index contributed by atoms with van der Waals surface area (Å²) in [6, 6.07) is 1.87. The minimum absolute atomic E-state index is 0.0115. The maximum Gasteiger partial charge on any atom is 0.244 e. The number of aryl methyl sites for hydroxylation is 1. The van der Waals surface area contributed by atoms with Crippen molar-refractivity contribution in [1.82, 2.24) is 19.8 Å². The molecule has 170 valence electrons. The van der Waals surface area contributed by atoms with Crippen molar-refractivity contribution >= 4 is 27.3 Å². The highest BCUT2D eigenvalue weighted by atomic mass is 32.2. The van der Waals surface area contributed by atoms with Gasteiger partial charge in [-0.25, -0.2) is 8.42 Å². The van der Waals surface area contributed by atoms with E-state index in [9.17, 15) is 13.2 Å². The Hall–Kier alpha value is -1.78. The topological polar surface area (TPSA) is 105 Å². The van der Waals surface area contributed by atoms with Crippen LogP contribution in [0.15, 0.2) is 15.5 Å². The molecule has 1 aliphatic heterocycles. The fraction of sp³-hybridized carbons (Fsp3) is 0.667. The molecule has 1 amide bonds. The number of sulfonamides is 1. The van der Waals surface area contributed by atoms with E-state index in [0.29, 0.717) is 34.4 Å². The van der Waals surface area contributed by atoms with Gasteiger partial charge in [-0.2, -0.15) is 9.29 Å². The van der Waals surface area contributed by atoms with Crippen molar-refractivity contribution in [2.75, 3.05) is 13.1 Å². The molecule has 4 rings (SSSR count). The molecule has 3 heterocycles. The zero-order valence-corrected chi connectivity index (χ0v) is 19.9. The Balaban J connectivity index is 1.50. The Morgan fingerprint density at radius 3 is 2.68 bits per heavy atom. The minimum atomic E-state index is -3.71. The van der Waals surface area contributed by atoms with Crippen molar-refractivity contribution in [2.24, 2.45) is 5.92 Å². The van der Waals surface area contributed by atoms with Gasteiger partial charge in [0.1, 0.15) is 0 Å². The molecular weight excluding hydrogens is 436 g/mol. The number of hydrogen-bond donors (Lipinski definition) is 1. The van der Waals surface area contributed by atoms with Crippen molar-refractivity contribution in [2.45, 2.75) is 76.2 Å². The Kier molecular flexibility index (Phi) is 6.50. The molecule has 0 aromatic carbocycles. The molecule has 2 aromatic rings. The molecule has 2 fully saturated rings. The number of nitrogens with one attached hydrogen (secondary N) is 1. The van der Waals surface area contributed by atoms with Gasteiger partial charge in [0.25, 0.3) is 0 Å². The summed E-state index contributed by atoms with van der Waals surface area (Å²) in [7, 11) is -3.71. The third-order valence-electron chi connectivity index (χ3n) is 6.10. The average molecular weight is 467 g/mol. The van der Waals surface area contributed by atoms with Crippen molar-refractivity contribution in [3.63, 3.8) is 0 Å². The molecule has 1 saturated heterocycles. The number of thiophene rings is 1. The van der Waals surface area contributed by atoms with Gasteiger partial charge in [0, 0.05) is 29.9 Å². The summed E-state index contributed by atoms with van der Waals surface area (Å²) in [5, 5.41) is 7.13. The monoisotopic (exact) mass is 466 g/mol. The van der Waals surface area contributed by atoms with Gasteiger partial charge in [-0.3, -0.25) is 4.79 Å². The van der Waals surface area contributed by atoms with Gasteiger partial charge in [-0.15, -0.1) is 11.3 Å². The summed E-state index contributed by atoms with van der Waals surface area (Å²) < 4.78 is 33.6. The highest BCUT2D eigenvalue weighted by molar-refractivity contribution is 7.89. The minimum Gasteiger partial charge on any atom is -0.353 e. The molecule has 0 unspecified atom stereocenters. The molecule has 8 nitrogen and oxygen atoms in total. The van der Waals surface area contributed by atoms with E-state index >= 15 is 0 Å². The highest BCUT2D eigenvalue weighted by Crippen LogP contribution is 2.35. The molecule has 0 radical (unpaired) electrons. The average Bonchev–Trinajstić information content (AvgIpc) is 3.48. The van der Waals surface area contributed by atoms with Crippen LogP contribution in [0.1, 0.15) is 69.1 Å². The van der Waals surface area contributed by atoms with E-state index in [4.69, 9.17) is 4.52 Å². The number of piperidine rings is 1. The quantitative estimate of drug-likeness (QED) is 0.696. The van der Waals surface area contributed by atoms with Crippen molar-refractivity contribution in [1.29, 1.82) is 0 Å². The largest absolute Gasteiger partial charge is 0.353 e. The van der Waals surface area contributed by atoms with E-state index in [1.54, 1.807) is 13.0 Å². The van der Waals surface area contributed by atoms with Gasteiger partial charge >= 0.3 is 0 Å². The Morgan fingerprint density at radius 2 is 2.00 bits per heavy atom. The Morgan fingerprint density at radius 1 is 1.26 bits per heavy atom. The van der Waals surface area contributed by atoms with Crippen LogP contribution in [-0.2, 0) is 14.8 Å². The SMILES string of the molecule is Cc1sc(-c2noc(C(C)C)n2)cc1S(=O)(=O)N1CCC[C@H](C(=O)NC2CCCC2)C1. The van der Waals surface area contributed by atoms with Gasteiger partial charge in [-0.1, -0.05) is 31.8 Å². The van der Waals surface area contributed by atoms with Crippen LogP contribution in [0.5, 0.6) is 0 Å². The van der Waals surface area contributed by atoms with Crippen LogP contribution >= 0.6 is 11.3 Å². The summed E-state index contributed by atoms with van der Waals surface area (Å²) in [5.41, 5.74) is 0. The lowest BCUT2D eigenvalue weighted by Crippen LogP contribution is -2.47. The molecular formula is C21H30N4O4S2. The molecule has 1 N–H and O–H groups in total. The first-order valence-corrected chi connectivity index (χ1v) is 13.3. The number of carbonyl (C=O) groups is 1. The first kappa shape index (κ1) is 22.4. The fourth-order valence-corrected chi connectivity index (χ4v) is 7.31. The zero-order valence-electron chi connectivity index (χ0n) is 18.3. The van der Waals surface area contributed by atoms with Crippen LogP contribution in [0.25, 0.3) is 10.7 Å². The van der Waals surface area contributed by atoms with Crippen molar-refractivity contribution in [3.05, 3.63) is 16.8 Å². The number of rotatable bonds is 6.